The van der Waals surface area contributed by atoms with E-state index in [0.717, 1.165) is 28.5 Å². The van der Waals surface area contributed by atoms with Crippen LogP contribution in [0.5, 0.6) is 0 Å². The first-order valence-electron chi connectivity index (χ1n) is 8.95. The maximum absolute atomic E-state index is 13.8. The molecule has 2 aromatic heterocycles. The Morgan fingerprint density at radius 1 is 1.06 bits per heavy atom. The van der Waals surface area contributed by atoms with Crippen LogP contribution < -0.4 is 10.5 Å². The fraction of sp³-hybridized carbons (Fsp3) is 0.0952. The molecule has 0 saturated heterocycles. The molecule has 31 heavy (non-hydrogen) atoms. The quantitative estimate of drug-likeness (QED) is 0.322. The van der Waals surface area contributed by atoms with Crippen LogP contribution >= 0.6 is 23.1 Å². The van der Waals surface area contributed by atoms with E-state index in [4.69, 9.17) is 0 Å². The summed E-state index contributed by atoms with van der Waals surface area (Å²) in [6.07, 6.45) is 0. The maximum Gasteiger partial charge on any atom is 0.276 e. The number of hydrogen-bond donors (Lipinski definition) is 0. The highest BCUT2D eigenvalue weighted by molar-refractivity contribution is 7.99. The minimum Gasteiger partial charge on any atom is -0.315 e. The highest BCUT2D eigenvalue weighted by Crippen LogP contribution is 2.25. The third-order valence-corrected chi connectivity index (χ3v) is 6.28. The van der Waals surface area contributed by atoms with E-state index in [0.29, 0.717) is 22.0 Å². The zero-order valence-corrected chi connectivity index (χ0v) is 17.6. The molecule has 0 saturated carbocycles. The summed E-state index contributed by atoms with van der Waals surface area (Å²) in [6, 6.07) is 9.86. The van der Waals surface area contributed by atoms with E-state index in [9.17, 15) is 22.8 Å². The Morgan fingerprint density at radius 2 is 1.74 bits per heavy atom. The van der Waals surface area contributed by atoms with Crippen LogP contribution in [0.15, 0.2) is 63.9 Å². The molecule has 0 aliphatic rings. The molecule has 0 atom stereocenters. The Labute approximate surface area is 182 Å². The fourth-order valence-corrected chi connectivity index (χ4v) is 4.60. The van der Waals surface area contributed by atoms with Gasteiger partial charge in [-0.25, -0.2) is 18.2 Å². The van der Waals surface area contributed by atoms with E-state index in [1.165, 1.54) is 40.5 Å². The molecular formula is C21H14F3N3O2S2. The second-order valence-corrected chi connectivity index (χ2v) is 8.37. The van der Waals surface area contributed by atoms with Gasteiger partial charge in [0, 0.05) is 18.8 Å². The van der Waals surface area contributed by atoms with Gasteiger partial charge in [-0.15, -0.1) is 11.3 Å². The predicted octanol–water partition coefficient (Wildman–Crippen LogP) is 4.62. The monoisotopic (exact) mass is 461 g/mol. The number of carbonyl (C=O) groups is 1. The molecule has 5 nitrogen and oxygen atoms in total. The van der Waals surface area contributed by atoms with Gasteiger partial charge in [0.15, 0.2) is 5.16 Å². The summed E-state index contributed by atoms with van der Waals surface area (Å²) in [4.78, 5) is 31.4. The third-order valence-electron chi connectivity index (χ3n) is 4.47. The van der Waals surface area contributed by atoms with Crippen molar-refractivity contribution in [2.45, 2.75) is 5.16 Å². The maximum atomic E-state index is 13.8. The van der Waals surface area contributed by atoms with Crippen LogP contribution in [0.3, 0.4) is 0 Å². The van der Waals surface area contributed by atoms with Gasteiger partial charge in [0.1, 0.15) is 22.2 Å². The highest BCUT2D eigenvalue weighted by atomic mass is 32.2. The lowest BCUT2D eigenvalue weighted by atomic mass is 10.3. The summed E-state index contributed by atoms with van der Waals surface area (Å²) in [5.41, 5.74) is 0.432. The lowest BCUT2D eigenvalue weighted by molar-refractivity contribution is -0.115. The van der Waals surface area contributed by atoms with Crippen molar-refractivity contribution in [2.24, 2.45) is 0 Å². The summed E-state index contributed by atoms with van der Waals surface area (Å²) in [6.45, 7) is 0. The van der Waals surface area contributed by atoms with Gasteiger partial charge in [-0.1, -0.05) is 11.8 Å². The summed E-state index contributed by atoms with van der Waals surface area (Å²) >= 11 is 2.14. The van der Waals surface area contributed by atoms with E-state index in [1.54, 1.807) is 18.5 Å². The van der Waals surface area contributed by atoms with Crippen molar-refractivity contribution < 1.29 is 18.0 Å². The van der Waals surface area contributed by atoms with Crippen molar-refractivity contribution in [3.05, 3.63) is 81.7 Å². The smallest absolute Gasteiger partial charge is 0.276 e. The van der Waals surface area contributed by atoms with Crippen LogP contribution in [0.4, 0.5) is 18.9 Å². The molecule has 158 valence electrons. The minimum atomic E-state index is -0.837. The van der Waals surface area contributed by atoms with Crippen molar-refractivity contribution in [2.75, 3.05) is 17.7 Å². The largest absolute Gasteiger partial charge is 0.315 e. The number of halogens is 3. The van der Waals surface area contributed by atoms with E-state index < -0.39 is 23.0 Å². The van der Waals surface area contributed by atoms with Gasteiger partial charge in [-0.05, 0) is 47.8 Å². The molecule has 0 bridgehead atoms. The van der Waals surface area contributed by atoms with Crippen LogP contribution in [0.2, 0.25) is 0 Å². The van der Waals surface area contributed by atoms with E-state index >= 15 is 0 Å². The van der Waals surface area contributed by atoms with Crippen molar-refractivity contribution in [1.82, 2.24) is 9.55 Å². The van der Waals surface area contributed by atoms with Crippen LogP contribution in [0.25, 0.3) is 15.9 Å². The standard InChI is InChI=1S/C21H14F3N3O2S2/c1-26(15-4-2-12(22)3-5-15)18(28)11-31-21-25-17-6-7-30-19(17)20(29)27(21)16-9-13(23)8-14(24)10-16/h2-10H,11H2,1H3. The topological polar surface area (TPSA) is 55.2 Å². The summed E-state index contributed by atoms with van der Waals surface area (Å²) in [7, 11) is 1.54. The molecular weight excluding hydrogens is 447 g/mol. The van der Waals surface area contributed by atoms with Gasteiger partial charge in [0.2, 0.25) is 5.91 Å². The zero-order chi connectivity index (χ0) is 22.1. The molecule has 10 heteroatoms. The van der Waals surface area contributed by atoms with Crippen molar-refractivity contribution in [1.29, 1.82) is 0 Å². The Balaban J connectivity index is 1.69. The number of rotatable bonds is 5. The Bertz CT molecular complexity index is 1320. The number of fused-ring (bicyclic) bond motifs is 1. The first-order chi connectivity index (χ1) is 14.8. The molecule has 0 N–H and O–H groups in total. The number of thiophene rings is 1. The zero-order valence-electron chi connectivity index (χ0n) is 16.0. The first kappa shape index (κ1) is 21.1. The number of carbonyl (C=O) groups excluding carboxylic acids is 1. The molecule has 2 aromatic carbocycles. The number of anilines is 1. The second-order valence-electron chi connectivity index (χ2n) is 6.52. The highest BCUT2D eigenvalue weighted by Gasteiger charge is 2.18. The SMILES string of the molecule is CN(C(=O)CSc1nc2ccsc2c(=O)n1-c1cc(F)cc(F)c1)c1ccc(F)cc1. The third kappa shape index (κ3) is 4.35. The number of nitrogens with zero attached hydrogens (tertiary/aromatic N) is 3. The van der Waals surface area contributed by atoms with Gasteiger partial charge < -0.3 is 4.90 Å². The molecule has 4 rings (SSSR count). The van der Waals surface area contributed by atoms with E-state index in [-0.39, 0.29) is 22.5 Å². The van der Waals surface area contributed by atoms with E-state index in [1.807, 2.05) is 0 Å². The first-order valence-corrected chi connectivity index (χ1v) is 10.8. The molecule has 0 aliphatic heterocycles. The van der Waals surface area contributed by atoms with Crippen molar-refractivity contribution in [3.8, 4) is 5.69 Å². The molecule has 2 heterocycles. The molecule has 0 fully saturated rings. The number of benzene rings is 2. The molecule has 0 spiro atoms. The lowest BCUT2D eigenvalue weighted by Gasteiger charge is -2.18. The number of hydrogen-bond acceptors (Lipinski definition) is 5. The van der Waals surface area contributed by atoms with Crippen LogP contribution in [0.1, 0.15) is 0 Å². The van der Waals surface area contributed by atoms with Gasteiger partial charge >= 0.3 is 0 Å². The predicted molar refractivity (Wildman–Crippen MR) is 116 cm³/mol. The Kier molecular flexibility index (Phi) is 5.84. The van der Waals surface area contributed by atoms with Gasteiger partial charge in [0.05, 0.1) is 17.0 Å². The number of amides is 1. The van der Waals surface area contributed by atoms with Crippen LogP contribution in [0, 0.1) is 17.5 Å². The molecule has 0 unspecified atom stereocenters. The van der Waals surface area contributed by atoms with Gasteiger partial charge in [-0.3, -0.25) is 14.2 Å². The minimum absolute atomic E-state index is 0.0212. The Morgan fingerprint density at radius 3 is 2.42 bits per heavy atom. The molecule has 1 amide bonds. The second kappa shape index (κ2) is 8.56. The summed E-state index contributed by atoms with van der Waals surface area (Å²) in [5.74, 6) is -2.52. The summed E-state index contributed by atoms with van der Waals surface area (Å²) in [5, 5.41) is 1.82. The average molecular weight is 461 g/mol. The van der Waals surface area contributed by atoms with E-state index in [2.05, 4.69) is 4.98 Å². The fourth-order valence-electron chi connectivity index (χ4n) is 2.92. The van der Waals surface area contributed by atoms with Crippen molar-refractivity contribution in [3.63, 3.8) is 0 Å². The molecule has 4 aromatic rings. The molecule has 0 radical (unpaired) electrons. The lowest BCUT2D eigenvalue weighted by Crippen LogP contribution is -2.28. The molecule has 0 aliphatic carbocycles. The Hall–Kier alpha value is -3.11. The van der Waals surface area contributed by atoms with Gasteiger partial charge in [0.25, 0.3) is 5.56 Å². The number of thioether (sulfide) groups is 1. The normalized spacial score (nSPS) is 11.1. The summed E-state index contributed by atoms with van der Waals surface area (Å²) < 4.78 is 42.2. The van der Waals surface area contributed by atoms with Crippen LogP contribution in [-0.4, -0.2) is 28.3 Å². The van der Waals surface area contributed by atoms with Gasteiger partial charge in [-0.2, -0.15) is 0 Å². The van der Waals surface area contributed by atoms with Crippen LogP contribution in [-0.2, 0) is 4.79 Å². The van der Waals surface area contributed by atoms with Crippen molar-refractivity contribution >= 4 is 44.9 Å². The number of aromatic nitrogens is 2. The average Bonchev–Trinajstić information content (AvgIpc) is 3.20.